The standard InChI is InChI=1S/C12H20N2O2/c1-12(2,3)6-4-10-13-11(14-16-10)9-5-7-15-8-9/h9H,4-8H2,1-3H3/t9-/m1/s1. The van der Waals surface area contributed by atoms with Crippen LogP contribution in [-0.4, -0.2) is 23.4 Å². The highest BCUT2D eigenvalue weighted by molar-refractivity contribution is 4.97. The van der Waals surface area contributed by atoms with Gasteiger partial charge in [0.15, 0.2) is 5.82 Å². The largest absolute Gasteiger partial charge is 0.381 e. The van der Waals surface area contributed by atoms with Gasteiger partial charge in [0, 0.05) is 18.9 Å². The quantitative estimate of drug-likeness (QED) is 0.791. The van der Waals surface area contributed by atoms with Gasteiger partial charge in [0.05, 0.1) is 6.61 Å². The Balaban J connectivity index is 1.91. The number of nitrogens with zero attached hydrogens (tertiary/aromatic N) is 2. The van der Waals surface area contributed by atoms with Gasteiger partial charge in [0.25, 0.3) is 0 Å². The number of aryl methyl sites for hydroxylation is 1. The van der Waals surface area contributed by atoms with Crippen molar-refractivity contribution >= 4 is 0 Å². The minimum absolute atomic E-state index is 0.311. The van der Waals surface area contributed by atoms with E-state index in [9.17, 15) is 0 Å². The van der Waals surface area contributed by atoms with E-state index in [1.54, 1.807) is 0 Å². The zero-order valence-corrected chi connectivity index (χ0v) is 10.3. The highest BCUT2D eigenvalue weighted by Crippen LogP contribution is 2.24. The lowest BCUT2D eigenvalue weighted by Crippen LogP contribution is -2.06. The molecule has 1 saturated heterocycles. The fourth-order valence-corrected chi connectivity index (χ4v) is 1.76. The molecule has 2 heterocycles. The molecule has 0 bridgehead atoms. The van der Waals surface area contributed by atoms with E-state index in [1.807, 2.05) is 0 Å². The Morgan fingerprint density at radius 3 is 2.81 bits per heavy atom. The molecule has 1 aromatic rings. The van der Waals surface area contributed by atoms with E-state index in [0.29, 0.717) is 11.3 Å². The number of hydrogen-bond donors (Lipinski definition) is 0. The summed E-state index contributed by atoms with van der Waals surface area (Å²) in [4.78, 5) is 4.44. The smallest absolute Gasteiger partial charge is 0.226 e. The van der Waals surface area contributed by atoms with Crippen LogP contribution >= 0.6 is 0 Å². The molecular formula is C12H20N2O2. The molecule has 0 N–H and O–H groups in total. The van der Waals surface area contributed by atoms with Crippen molar-refractivity contribution in [1.82, 2.24) is 10.1 Å². The summed E-state index contributed by atoms with van der Waals surface area (Å²) in [6, 6.07) is 0. The van der Waals surface area contributed by atoms with E-state index >= 15 is 0 Å². The summed E-state index contributed by atoms with van der Waals surface area (Å²) >= 11 is 0. The predicted molar refractivity (Wildman–Crippen MR) is 60.3 cm³/mol. The van der Waals surface area contributed by atoms with Gasteiger partial charge in [-0.25, -0.2) is 0 Å². The maximum Gasteiger partial charge on any atom is 0.226 e. The van der Waals surface area contributed by atoms with Crippen molar-refractivity contribution in [1.29, 1.82) is 0 Å². The third kappa shape index (κ3) is 3.04. The monoisotopic (exact) mass is 224 g/mol. The van der Waals surface area contributed by atoms with Crippen molar-refractivity contribution in [2.24, 2.45) is 5.41 Å². The van der Waals surface area contributed by atoms with Gasteiger partial charge in [-0.05, 0) is 18.3 Å². The molecule has 0 aliphatic carbocycles. The first-order chi connectivity index (χ1) is 7.54. The van der Waals surface area contributed by atoms with Gasteiger partial charge < -0.3 is 9.26 Å². The average Bonchev–Trinajstić information content (AvgIpc) is 2.84. The summed E-state index contributed by atoms with van der Waals surface area (Å²) < 4.78 is 10.6. The Bertz CT molecular complexity index is 335. The van der Waals surface area contributed by atoms with E-state index < -0.39 is 0 Å². The van der Waals surface area contributed by atoms with Crippen molar-refractivity contribution < 1.29 is 9.26 Å². The second kappa shape index (κ2) is 4.53. The highest BCUT2D eigenvalue weighted by Gasteiger charge is 2.23. The second-order valence-electron chi connectivity index (χ2n) is 5.67. The lowest BCUT2D eigenvalue weighted by molar-refractivity contribution is 0.192. The van der Waals surface area contributed by atoms with E-state index in [0.717, 1.165) is 44.2 Å². The Morgan fingerprint density at radius 2 is 2.19 bits per heavy atom. The number of hydrogen-bond acceptors (Lipinski definition) is 4. The summed E-state index contributed by atoms with van der Waals surface area (Å²) in [6.45, 7) is 8.20. The fraction of sp³-hybridized carbons (Fsp3) is 0.833. The number of aromatic nitrogens is 2. The van der Waals surface area contributed by atoms with Crippen LogP contribution in [0.15, 0.2) is 4.52 Å². The van der Waals surface area contributed by atoms with E-state index in [1.165, 1.54) is 0 Å². The van der Waals surface area contributed by atoms with Crippen molar-refractivity contribution in [3.8, 4) is 0 Å². The summed E-state index contributed by atoms with van der Waals surface area (Å²) in [7, 11) is 0. The van der Waals surface area contributed by atoms with Gasteiger partial charge in [0.2, 0.25) is 5.89 Å². The zero-order chi connectivity index (χ0) is 11.6. The van der Waals surface area contributed by atoms with Crippen molar-refractivity contribution in [2.75, 3.05) is 13.2 Å². The lowest BCUT2D eigenvalue weighted by atomic mass is 9.91. The first-order valence-corrected chi connectivity index (χ1v) is 5.95. The van der Waals surface area contributed by atoms with Crippen LogP contribution in [-0.2, 0) is 11.2 Å². The van der Waals surface area contributed by atoms with Gasteiger partial charge in [-0.15, -0.1) is 0 Å². The predicted octanol–water partition coefficient (Wildman–Crippen LogP) is 2.55. The lowest BCUT2D eigenvalue weighted by Gasteiger charge is -2.15. The summed E-state index contributed by atoms with van der Waals surface area (Å²) in [5, 5.41) is 4.03. The molecule has 4 nitrogen and oxygen atoms in total. The average molecular weight is 224 g/mol. The molecule has 1 aliphatic rings. The Morgan fingerprint density at radius 1 is 1.38 bits per heavy atom. The Hall–Kier alpha value is -0.900. The molecular weight excluding hydrogens is 204 g/mol. The molecule has 0 spiro atoms. The van der Waals surface area contributed by atoms with Crippen LogP contribution in [0.25, 0.3) is 0 Å². The molecule has 0 saturated carbocycles. The van der Waals surface area contributed by atoms with Crippen LogP contribution < -0.4 is 0 Å². The van der Waals surface area contributed by atoms with Crippen LogP contribution in [0, 0.1) is 5.41 Å². The van der Waals surface area contributed by atoms with Gasteiger partial charge >= 0.3 is 0 Å². The molecule has 0 radical (unpaired) electrons. The SMILES string of the molecule is CC(C)(C)CCc1nc([C@@H]2CCOC2)no1. The summed E-state index contributed by atoms with van der Waals surface area (Å²) in [6.07, 6.45) is 2.94. The Kier molecular flexibility index (Phi) is 3.28. The minimum atomic E-state index is 0.311. The molecule has 0 unspecified atom stereocenters. The maximum absolute atomic E-state index is 5.31. The number of rotatable bonds is 3. The van der Waals surface area contributed by atoms with Crippen LogP contribution in [0.4, 0.5) is 0 Å². The van der Waals surface area contributed by atoms with Crippen molar-refractivity contribution in [3.63, 3.8) is 0 Å². The van der Waals surface area contributed by atoms with E-state index in [-0.39, 0.29) is 0 Å². The van der Waals surface area contributed by atoms with Gasteiger partial charge in [0.1, 0.15) is 0 Å². The third-order valence-corrected chi connectivity index (χ3v) is 2.87. The molecule has 0 amide bonds. The van der Waals surface area contributed by atoms with E-state index in [2.05, 4.69) is 30.9 Å². The Labute approximate surface area is 96.4 Å². The van der Waals surface area contributed by atoms with Crippen LogP contribution in [0.1, 0.15) is 51.2 Å². The van der Waals surface area contributed by atoms with Crippen molar-refractivity contribution in [2.45, 2.75) is 46.0 Å². The van der Waals surface area contributed by atoms with E-state index in [4.69, 9.17) is 9.26 Å². The molecule has 0 aromatic carbocycles. The van der Waals surface area contributed by atoms with Crippen LogP contribution in [0.2, 0.25) is 0 Å². The van der Waals surface area contributed by atoms with Crippen molar-refractivity contribution in [3.05, 3.63) is 11.7 Å². The molecule has 4 heteroatoms. The van der Waals surface area contributed by atoms with Gasteiger partial charge in [-0.3, -0.25) is 0 Å². The molecule has 1 aliphatic heterocycles. The fourth-order valence-electron chi connectivity index (χ4n) is 1.76. The molecule has 1 aromatic heterocycles. The summed E-state index contributed by atoms with van der Waals surface area (Å²) in [5.41, 5.74) is 0.311. The zero-order valence-electron chi connectivity index (χ0n) is 10.3. The summed E-state index contributed by atoms with van der Waals surface area (Å²) in [5.74, 6) is 1.92. The second-order valence-corrected chi connectivity index (χ2v) is 5.67. The van der Waals surface area contributed by atoms with Gasteiger partial charge in [-0.1, -0.05) is 25.9 Å². The van der Waals surface area contributed by atoms with Crippen LogP contribution in [0.5, 0.6) is 0 Å². The van der Waals surface area contributed by atoms with Crippen LogP contribution in [0.3, 0.4) is 0 Å². The normalized spacial score (nSPS) is 21.6. The molecule has 2 rings (SSSR count). The number of ether oxygens (including phenoxy) is 1. The topological polar surface area (TPSA) is 48.2 Å². The third-order valence-electron chi connectivity index (χ3n) is 2.87. The first kappa shape index (κ1) is 11.6. The first-order valence-electron chi connectivity index (χ1n) is 5.95. The molecule has 16 heavy (non-hydrogen) atoms. The minimum Gasteiger partial charge on any atom is -0.381 e. The highest BCUT2D eigenvalue weighted by atomic mass is 16.5. The molecule has 90 valence electrons. The molecule has 1 fully saturated rings. The molecule has 1 atom stereocenters. The maximum atomic E-state index is 5.31. The van der Waals surface area contributed by atoms with Gasteiger partial charge in [-0.2, -0.15) is 4.98 Å².